The van der Waals surface area contributed by atoms with E-state index in [0.717, 1.165) is 30.1 Å². The number of piperidine rings is 1. The molecule has 1 aliphatic rings. The van der Waals surface area contributed by atoms with Crippen molar-refractivity contribution in [2.75, 3.05) is 18.0 Å². The van der Waals surface area contributed by atoms with E-state index >= 15 is 0 Å². The molecule has 0 radical (unpaired) electrons. The molecule has 0 bridgehead atoms. The maximum absolute atomic E-state index is 6.03. The predicted octanol–water partition coefficient (Wildman–Crippen LogP) is 2.13. The number of benzene rings is 1. The van der Waals surface area contributed by atoms with Gasteiger partial charge in [0.05, 0.1) is 11.0 Å². The zero-order valence-electron chi connectivity index (χ0n) is 10.8. The number of aromatic amines is 1. The summed E-state index contributed by atoms with van der Waals surface area (Å²) >= 11 is 0. The number of fused-ring (bicyclic) bond motifs is 1. The average Bonchev–Trinajstić information content (AvgIpc) is 2.82. The molecule has 1 aromatic heterocycles. The Morgan fingerprint density at radius 1 is 1.44 bits per heavy atom. The fourth-order valence-corrected chi connectivity index (χ4v) is 2.72. The number of hydrogen-bond acceptors (Lipinski definition) is 3. The van der Waals surface area contributed by atoms with E-state index in [0.29, 0.717) is 5.92 Å². The number of aromatic nitrogens is 2. The van der Waals surface area contributed by atoms with Crippen LogP contribution in [0.2, 0.25) is 0 Å². The first-order valence-electron chi connectivity index (χ1n) is 6.69. The number of anilines is 1. The summed E-state index contributed by atoms with van der Waals surface area (Å²) in [5.74, 6) is 1.56. The largest absolute Gasteiger partial charge is 0.342 e. The summed E-state index contributed by atoms with van der Waals surface area (Å²) in [6.45, 7) is 4.19. The van der Waals surface area contributed by atoms with Crippen molar-refractivity contribution in [1.29, 1.82) is 0 Å². The molecule has 2 heterocycles. The summed E-state index contributed by atoms with van der Waals surface area (Å²) in [7, 11) is 0. The topological polar surface area (TPSA) is 57.9 Å². The molecular formula is C14H20N4. The maximum Gasteiger partial charge on any atom is 0.203 e. The lowest BCUT2D eigenvalue weighted by Crippen LogP contribution is -2.42. The van der Waals surface area contributed by atoms with Gasteiger partial charge in [0.15, 0.2) is 0 Å². The summed E-state index contributed by atoms with van der Waals surface area (Å²) in [4.78, 5) is 10.4. The van der Waals surface area contributed by atoms with Crippen LogP contribution in [-0.2, 0) is 0 Å². The SMILES string of the molecule is CC(N)C1CCCN(c2nc3ccccc3[nH]2)C1. The normalized spacial score (nSPS) is 22.3. The first-order chi connectivity index (χ1) is 8.74. The third-order valence-electron chi connectivity index (χ3n) is 3.88. The lowest BCUT2D eigenvalue weighted by Gasteiger charge is -2.34. The van der Waals surface area contributed by atoms with Crippen LogP contribution >= 0.6 is 0 Å². The second-order valence-corrected chi connectivity index (χ2v) is 5.28. The van der Waals surface area contributed by atoms with Crippen molar-refractivity contribution in [3.05, 3.63) is 24.3 Å². The minimum Gasteiger partial charge on any atom is -0.342 e. The van der Waals surface area contributed by atoms with Crippen LogP contribution in [0.25, 0.3) is 11.0 Å². The van der Waals surface area contributed by atoms with Gasteiger partial charge in [0.25, 0.3) is 0 Å². The Morgan fingerprint density at radius 2 is 2.28 bits per heavy atom. The summed E-state index contributed by atoms with van der Waals surface area (Å²) in [6, 6.07) is 8.43. The number of H-pyrrole nitrogens is 1. The molecule has 2 unspecified atom stereocenters. The highest BCUT2D eigenvalue weighted by molar-refractivity contribution is 5.77. The molecule has 0 saturated carbocycles. The monoisotopic (exact) mass is 244 g/mol. The number of rotatable bonds is 2. The Balaban J connectivity index is 1.85. The van der Waals surface area contributed by atoms with Crippen molar-refractivity contribution in [2.24, 2.45) is 11.7 Å². The Labute approximate surface area is 107 Å². The summed E-state index contributed by atoms with van der Waals surface area (Å²) in [6.07, 6.45) is 2.43. The lowest BCUT2D eigenvalue weighted by molar-refractivity contribution is 0.362. The van der Waals surface area contributed by atoms with Crippen molar-refractivity contribution < 1.29 is 0 Å². The minimum atomic E-state index is 0.261. The third-order valence-corrected chi connectivity index (χ3v) is 3.88. The highest BCUT2D eigenvalue weighted by Crippen LogP contribution is 2.24. The molecular weight excluding hydrogens is 224 g/mol. The zero-order chi connectivity index (χ0) is 12.5. The molecule has 18 heavy (non-hydrogen) atoms. The zero-order valence-corrected chi connectivity index (χ0v) is 10.8. The van der Waals surface area contributed by atoms with Crippen molar-refractivity contribution in [3.63, 3.8) is 0 Å². The molecule has 3 rings (SSSR count). The predicted molar refractivity (Wildman–Crippen MR) is 74.7 cm³/mol. The van der Waals surface area contributed by atoms with E-state index in [2.05, 4.69) is 27.9 Å². The lowest BCUT2D eigenvalue weighted by atomic mass is 9.92. The Bertz CT molecular complexity index is 498. The van der Waals surface area contributed by atoms with Crippen LogP contribution in [0.3, 0.4) is 0 Å². The quantitative estimate of drug-likeness (QED) is 0.850. The molecule has 0 spiro atoms. The molecule has 1 aromatic carbocycles. The van der Waals surface area contributed by atoms with Crippen LogP contribution < -0.4 is 10.6 Å². The van der Waals surface area contributed by atoms with Gasteiger partial charge in [0, 0.05) is 19.1 Å². The van der Waals surface area contributed by atoms with Crippen LogP contribution in [0.4, 0.5) is 5.95 Å². The average molecular weight is 244 g/mol. The van der Waals surface area contributed by atoms with Gasteiger partial charge in [-0.1, -0.05) is 12.1 Å². The van der Waals surface area contributed by atoms with Crippen molar-refractivity contribution in [1.82, 2.24) is 9.97 Å². The molecule has 3 N–H and O–H groups in total. The van der Waals surface area contributed by atoms with Gasteiger partial charge in [0.2, 0.25) is 5.95 Å². The first-order valence-corrected chi connectivity index (χ1v) is 6.69. The number of nitrogens with one attached hydrogen (secondary N) is 1. The van der Waals surface area contributed by atoms with Gasteiger partial charge in [0.1, 0.15) is 0 Å². The molecule has 1 aliphatic heterocycles. The highest BCUT2D eigenvalue weighted by Gasteiger charge is 2.24. The van der Waals surface area contributed by atoms with E-state index in [4.69, 9.17) is 5.73 Å². The van der Waals surface area contributed by atoms with E-state index < -0.39 is 0 Å². The Morgan fingerprint density at radius 3 is 3.06 bits per heavy atom. The fraction of sp³-hybridized carbons (Fsp3) is 0.500. The summed E-state index contributed by atoms with van der Waals surface area (Å²) in [5.41, 5.74) is 8.17. The molecule has 1 fully saturated rings. The van der Waals surface area contributed by atoms with E-state index in [1.54, 1.807) is 0 Å². The molecule has 2 aromatic rings. The number of nitrogens with two attached hydrogens (primary N) is 1. The maximum atomic E-state index is 6.03. The van der Waals surface area contributed by atoms with Crippen LogP contribution in [0.15, 0.2) is 24.3 Å². The van der Waals surface area contributed by atoms with Crippen LogP contribution in [0, 0.1) is 5.92 Å². The second-order valence-electron chi connectivity index (χ2n) is 5.28. The fourth-order valence-electron chi connectivity index (χ4n) is 2.72. The van der Waals surface area contributed by atoms with Crippen molar-refractivity contribution in [2.45, 2.75) is 25.8 Å². The first kappa shape index (κ1) is 11.5. The molecule has 96 valence electrons. The van der Waals surface area contributed by atoms with E-state index in [9.17, 15) is 0 Å². The number of nitrogens with zero attached hydrogens (tertiary/aromatic N) is 2. The van der Waals surface area contributed by atoms with Crippen molar-refractivity contribution in [3.8, 4) is 0 Å². The van der Waals surface area contributed by atoms with Crippen molar-refractivity contribution >= 4 is 17.0 Å². The van der Waals surface area contributed by atoms with Gasteiger partial charge >= 0.3 is 0 Å². The van der Waals surface area contributed by atoms with Gasteiger partial charge < -0.3 is 15.6 Å². The Hall–Kier alpha value is -1.55. The Kier molecular flexibility index (Phi) is 2.96. The van der Waals surface area contributed by atoms with E-state index in [1.807, 2.05) is 18.2 Å². The second kappa shape index (κ2) is 4.61. The minimum absolute atomic E-state index is 0.261. The van der Waals surface area contributed by atoms with Crippen LogP contribution in [-0.4, -0.2) is 29.1 Å². The number of imidazole rings is 1. The van der Waals surface area contributed by atoms with E-state index in [-0.39, 0.29) is 6.04 Å². The van der Waals surface area contributed by atoms with Gasteiger partial charge in [-0.3, -0.25) is 0 Å². The molecule has 2 atom stereocenters. The smallest absolute Gasteiger partial charge is 0.203 e. The van der Waals surface area contributed by atoms with Crippen LogP contribution in [0.5, 0.6) is 0 Å². The molecule has 1 saturated heterocycles. The summed E-state index contributed by atoms with van der Waals surface area (Å²) < 4.78 is 0. The van der Waals surface area contributed by atoms with Gasteiger partial charge in [-0.2, -0.15) is 0 Å². The molecule has 0 aliphatic carbocycles. The molecule has 4 nitrogen and oxygen atoms in total. The van der Waals surface area contributed by atoms with Gasteiger partial charge in [-0.05, 0) is 37.8 Å². The van der Waals surface area contributed by atoms with Gasteiger partial charge in [-0.15, -0.1) is 0 Å². The molecule has 0 amide bonds. The summed E-state index contributed by atoms with van der Waals surface area (Å²) in [5, 5.41) is 0. The van der Waals surface area contributed by atoms with Gasteiger partial charge in [-0.25, -0.2) is 4.98 Å². The number of hydrogen-bond donors (Lipinski definition) is 2. The van der Waals surface area contributed by atoms with Crippen LogP contribution in [0.1, 0.15) is 19.8 Å². The standard InChI is InChI=1S/C14H20N4/c1-10(15)11-5-4-8-18(9-11)14-16-12-6-2-3-7-13(12)17-14/h2-3,6-7,10-11H,4-5,8-9,15H2,1H3,(H,16,17). The van der Waals surface area contributed by atoms with E-state index in [1.165, 1.54) is 12.8 Å². The number of para-hydroxylation sites is 2. The third kappa shape index (κ3) is 2.08. The molecule has 4 heteroatoms. The highest BCUT2D eigenvalue weighted by atomic mass is 15.3.